The SMILES string of the molecule is O=C(O)C1C=CCCCCC1C(=O)O. The van der Waals surface area contributed by atoms with Crippen molar-refractivity contribution in [2.24, 2.45) is 11.8 Å². The summed E-state index contributed by atoms with van der Waals surface area (Å²) in [5, 5.41) is 17.7. The van der Waals surface area contributed by atoms with Crippen LogP contribution in [0.25, 0.3) is 0 Å². The average Bonchev–Trinajstić information content (AvgIpc) is 2.01. The van der Waals surface area contributed by atoms with E-state index in [0.29, 0.717) is 6.42 Å². The van der Waals surface area contributed by atoms with Gasteiger partial charge in [0.2, 0.25) is 0 Å². The Morgan fingerprint density at radius 1 is 1.14 bits per heavy atom. The highest BCUT2D eigenvalue weighted by atomic mass is 16.4. The van der Waals surface area contributed by atoms with Crippen LogP contribution in [0.1, 0.15) is 25.7 Å². The summed E-state index contributed by atoms with van der Waals surface area (Å²) in [6, 6.07) is 0. The molecule has 0 heterocycles. The third kappa shape index (κ3) is 2.58. The maximum absolute atomic E-state index is 10.8. The van der Waals surface area contributed by atoms with Gasteiger partial charge in [-0.3, -0.25) is 9.59 Å². The molecule has 0 aromatic heterocycles. The van der Waals surface area contributed by atoms with Gasteiger partial charge in [0.05, 0.1) is 11.8 Å². The topological polar surface area (TPSA) is 74.6 Å². The van der Waals surface area contributed by atoms with Gasteiger partial charge in [0.25, 0.3) is 0 Å². The molecular formula is C10H14O4. The molecule has 0 aliphatic heterocycles. The minimum atomic E-state index is -1.05. The summed E-state index contributed by atoms with van der Waals surface area (Å²) in [6.07, 6.45) is 6.30. The molecule has 1 aliphatic rings. The van der Waals surface area contributed by atoms with Crippen molar-refractivity contribution in [1.29, 1.82) is 0 Å². The van der Waals surface area contributed by atoms with Crippen molar-refractivity contribution in [3.8, 4) is 0 Å². The summed E-state index contributed by atoms with van der Waals surface area (Å²) in [6.45, 7) is 0. The molecule has 2 atom stereocenters. The molecule has 1 rings (SSSR count). The van der Waals surface area contributed by atoms with Gasteiger partial charge in [0.15, 0.2) is 0 Å². The second-order valence-electron chi connectivity index (χ2n) is 3.52. The largest absolute Gasteiger partial charge is 0.481 e. The Bertz CT molecular complexity index is 257. The molecule has 4 heteroatoms. The Kier molecular flexibility index (Phi) is 3.68. The van der Waals surface area contributed by atoms with Crippen LogP contribution < -0.4 is 0 Å². The highest BCUT2D eigenvalue weighted by molar-refractivity contribution is 5.81. The van der Waals surface area contributed by atoms with Gasteiger partial charge in [-0.15, -0.1) is 0 Å². The minimum absolute atomic E-state index is 0.455. The summed E-state index contributed by atoms with van der Waals surface area (Å²) >= 11 is 0. The first-order valence-corrected chi connectivity index (χ1v) is 4.75. The van der Waals surface area contributed by atoms with Gasteiger partial charge in [-0.1, -0.05) is 18.6 Å². The van der Waals surface area contributed by atoms with E-state index < -0.39 is 23.8 Å². The number of carboxylic acid groups (broad SMARTS) is 2. The van der Waals surface area contributed by atoms with Crippen LogP contribution in [0, 0.1) is 11.8 Å². The lowest BCUT2D eigenvalue weighted by atomic mass is 9.85. The van der Waals surface area contributed by atoms with Crippen LogP contribution in [-0.4, -0.2) is 22.2 Å². The van der Waals surface area contributed by atoms with Crippen LogP contribution in [0.15, 0.2) is 12.2 Å². The lowest BCUT2D eigenvalue weighted by Crippen LogP contribution is -2.29. The molecular weight excluding hydrogens is 184 g/mol. The number of hydrogen-bond acceptors (Lipinski definition) is 2. The molecule has 0 radical (unpaired) electrons. The Balaban J connectivity index is 2.83. The van der Waals surface area contributed by atoms with Gasteiger partial charge in [-0.05, 0) is 19.3 Å². The van der Waals surface area contributed by atoms with E-state index in [0.717, 1.165) is 19.3 Å². The second kappa shape index (κ2) is 4.79. The summed E-state index contributed by atoms with van der Waals surface area (Å²) in [7, 11) is 0. The summed E-state index contributed by atoms with van der Waals surface area (Å²) in [4.78, 5) is 21.7. The summed E-state index contributed by atoms with van der Waals surface area (Å²) < 4.78 is 0. The zero-order chi connectivity index (χ0) is 10.6. The molecule has 0 fully saturated rings. The molecule has 0 aromatic rings. The molecule has 14 heavy (non-hydrogen) atoms. The third-order valence-electron chi connectivity index (χ3n) is 2.52. The molecule has 0 aromatic carbocycles. The lowest BCUT2D eigenvalue weighted by molar-refractivity contribution is -0.152. The molecule has 78 valence electrons. The Morgan fingerprint density at radius 2 is 1.86 bits per heavy atom. The van der Waals surface area contributed by atoms with Crippen LogP contribution in [0.5, 0.6) is 0 Å². The monoisotopic (exact) mass is 198 g/mol. The Labute approximate surface area is 82.2 Å². The molecule has 1 aliphatic carbocycles. The molecule has 0 bridgehead atoms. The molecule has 2 N–H and O–H groups in total. The predicted octanol–water partition coefficient (Wildman–Crippen LogP) is 1.52. The molecule has 2 unspecified atom stereocenters. The van der Waals surface area contributed by atoms with Crippen molar-refractivity contribution >= 4 is 11.9 Å². The first-order chi connectivity index (χ1) is 6.63. The van der Waals surface area contributed by atoms with Crippen molar-refractivity contribution in [2.75, 3.05) is 0 Å². The normalized spacial score (nSPS) is 27.7. The standard InChI is InChI=1S/C10H14O4/c11-9(12)7-5-3-1-2-4-6-8(7)10(13)14/h3,5,7-8H,1-2,4,6H2,(H,11,12)(H,13,14). The summed E-state index contributed by atoms with van der Waals surface area (Å²) in [5.74, 6) is -3.70. The van der Waals surface area contributed by atoms with E-state index in [4.69, 9.17) is 10.2 Å². The van der Waals surface area contributed by atoms with Gasteiger partial charge < -0.3 is 10.2 Å². The van der Waals surface area contributed by atoms with Crippen molar-refractivity contribution in [3.05, 3.63) is 12.2 Å². The van der Waals surface area contributed by atoms with Gasteiger partial charge in [-0.25, -0.2) is 0 Å². The van der Waals surface area contributed by atoms with E-state index in [1.807, 2.05) is 0 Å². The number of carboxylic acids is 2. The predicted molar refractivity (Wildman–Crippen MR) is 49.9 cm³/mol. The number of rotatable bonds is 2. The van der Waals surface area contributed by atoms with Crippen LogP contribution >= 0.6 is 0 Å². The van der Waals surface area contributed by atoms with Crippen LogP contribution in [0.4, 0.5) is 0 Å². The van der Waals surface area contributed by atoms with E-state index in [2.05, 4.69) is 0 Å². The van der Waals surface area contributed by atoms with E-state index in [1.54, 1.807) is 6.08 Å². The fourth-order valence-corrected chi connectivity index (χ4v) is 1.71. The summed E-state index contributed by atoms with van der Waals surface area (Å²) in [5.41, 5.74) is 0. The second-order valence-corrected chi connectivity index (χ2v) is 3.52. The number of aliphatic carboxylic acids is 2. The van der Waals surface area contributed by atoms with Crippen LogP contribution in [0.2, 0.25) is 0 Å². The smallest absolute Gasteiger partial charge is 0.311 e. The van der Waals surface area contributed by atoms with Crippen molar-refractivity contribution < 1.29 is 19.8 Å². The fourth-order valence-electron chi connectivity index (χ4n) is 1.71. The van der Waals surface area contributed by atoms with Gasteiger partial charge in [0, 0.05) is 0 Å². The van der Waals surface area contributed by atoms with E-state index >= 15 is 0 Å². The third-order valence-corrected chi connectivity index (χ3v) is 2.52. The van der Waals surface area contributed by atoms with Crippen molar-refractivity contribution in [1.82, 2.24) is 0 Å². The Morgan fingerprint density at radius 3 is 2.43 bits per heavy atom. The quantitative estimate of drug-likeness (QED) is 0.659. The van der Waals surface area contributed by atoms with E-state index in [1.165, 1.54) is 6.08 Å². The van der Waals surface area contributed by atoms with Gasteiger partial charge in [0.1, 0.15) is 0 Å². The van der Waals surface area contributed by atoms with Crippen LogP contribution in [-0.2, 0) is 9.59 Å². The van der Waals surface area contributed by atoms with E-state index in [-0.39, 0.29) is 0 Å². The first-order valence-electron chi connectivity index (χ1n) is 4.75. The molecule has 0 amide bonds. The molecule has 0 saturated carbocycles. The zero-order valence-electron chi connectivity index (χ0n) is 7.85. The van der Waals surface area contributed by atoms with E-state index in [9.17, 15) is 9.59 Å². The average molecular weight is 198 g/mol. The number of carbonyl (C=O) groups is 2. The lowest BCUT2D eigenvalue weighted by Gasteiger charge is -2.18. The minimum Gasteiger partial charge on any atom is -0.481 e. The molecule has 0 saturated heterocycles. The van der Waals surface area contributed by atoms with Crippen molar-refractivity contribution in [3.63, 3.8) is 0 Å². The first kappa shape index (κ1) is 10.8. The maximum atomic E-state index is 10.8. The molecule has 0 spiro atoms. The van der Waals surface area contributed by atoms with Gasteiger partial charge in [-0.2, -0.15) is 0 Å². The van der Waals surface area contributed by atoms with Gasteiger partial charge >= 0.3 is 11.9 Å². The Hall–Kier alpha value is -1.32. The highest BCUT2D eigenvalue weighted by Gasteiger charge is 2.31. The molecule has 4 nitrogen and oxygen atoms in total. The maximum Gasteiger partial charge on any atom is 0.311 e. The number of hydrogen-bond donors (Lipinski definition) is 2. The number of allylic oxidation sites excluding steroid dienone is 1. The fraction of sp³-hybridized carbons (Fsp3) is 0.600. The highest BCUT2D eigenvalue weighted by Crippen LogP contribution is 2.24. The van der Waals surface area contributed by atoms with Crippen molar-refractivity contribution in [2.45, 2.75) is 25.7 Å². The zero-order valence-corrected chi connectivity index (χ0v) is 7.85. The van der Waals surface area contributed by atoms with Crippen LogP contribution in [0.3, 0.4) is 0 Å².